The molecule has 14 heteroatoms. The zero-order chi connectivity index (χ0) is 27.1. The fourth-order valence-corrected chi connectivity index (χ4v) is 6.15. The van der Waals surface area contributed by atoms with E-state index in [0.29, 0.717) is 30.8 Å². The highest BCUT2D eigenvalue weighted by Gasteiger charge is 2.16. The molecule has 0 N–H and O–H groups in total. The Morgan fingerprint density at radius 3 is 1.53 bits per heavy atom. The van der Waals surface area contributed by atoms with Gasteiger partial charge in [-0.25, -0.2) is 19.6 Å². The van der Waals surface area contributed by atoms with E-state index in [1.54, 1.807) is 50.2 Å². The second-order valence-electron chi connectivity index (χ2n) is 7.34. The Balaban J connectivity index is 1.22. The molecule has 0 amide bonds. The molecule has 0 saturated heterocycles. The van der Waals surface area contributed by atoms with Gasteiger partial charge in [-0.15, -0.1) is 22.7 Å². The number of carbonyl (C=O) groups is 4. The van der Waals surface area contributed by atoms with Crippen molar-refractivity contribution in [2.45, 2.75) is 35.4 Å². The van der Waals surface area contributed by atoms with Gasteiger partial charge in [0.15, 0.2) is 8.68 Å². The van der Waals surface area contributed by atoms with Crippen molar-refractivity contribution in [3.05, 3.63) is 47.5 Å². The van der Waals surface area contributed by atoms with Gasteiger partial charge in [0, 0.05) is 0 Å². The maximum atomic E-state index is 12.1. The molecule has 0 aliphatic carbocycles. The summed E-state index contributed by atoms with van der Waals surface area (Å²) in [5.41, 5.74) is 1.96. The lowest BCUT2D eigenvalue weighted by atomic mass is 10.2. The van der Waals surface area contributed by atoms with Crippen LogP contribution < -0.4 is 0 Å². The molecule has 10 nitrogen and oxygen atoms in total. The number of thiazole rings is 2. The SMILES string of the molecule is CCOC(=O)c1ccc2sc(SOC(=O)CCC(=O)OSc3nc4cc(C(=O)OCC)ccc4s3)nc2c1. The topological polar surface area (TPSA) is 131 Å². The van der Waals surface area contributed by atoms with Gasteiger partial charge in [-0.05, 0) is 50.2 Å². The first-order valence-corrected chi connectivity index (χ1v) is 14.4. The van der Waals surface area contributed by atoms with Crippen LogP contribution in [0.1, 0.15) is 47.4 Å². The molecule has 38 heavy (non-hydrogen) atoms. The summed E-state index contributed by atoms with van der Waals surface area (Å²) in [5, 5.41) is 0. The van der Waals surface area contributed by atoms with Gasteiger partial charge < -0.3 is 17.8 Å². The summed E-state index contributed by atoms with van der Waals surface area (Å²) in [7, 11) is 0. The summed E-state index contributed by atoms with van der Waals surface area (Å²) in [4.78, 5) is 56.7. The van der Waals surface area contributed by atoms with Crippen LogP contribution >= 0.6 is 46.8 Å². The van der Waals surface area contributed by atoms with Gasteiger partial charge in [0.1, 0.15) is 24.1 Å². The molecule has 0 radical (unpaired) electrons. The van der Waals surface area contributed by atoms with Crippen LogP contribution in [0.5, 0.6) is 0 Å². The number of rotatable bonds is 11. The van der Waals surface area contributed by atoms with Gasteiger partial charge in [-0.1, -0.05) is 0 Å². The van der Waals surface area contributed by atoms with E-state index < -0.39 is 23.9 Å². The maximum Gasteiger partial charge on any atom is 0.338 e. The molecule has 0 aliphatic rings. The smallest absolute Gasteiger partial charge is 0.338 e. The number of aromatic nitrogens is 2. The predicted octanol–water partition coefficient (Wildman–Crippen LogP) is 5.84. The molecule has 0 bridgehead atoms. The molecule has 198 valence electrons. The summed E-state index contributed by atoms with van der Waals surface area (Å²) >= 11 is 4.20. The largest absolute Gasteiger partial charge is 0.462 e. The minimum Gasteiger partial charge on any atom is -0.462 e. The predicted molar refractivity (Wildman–Crippen MR) is 144 cm³/mol. The van der Waals surface area contributed by atoms with Crippen molar-refractivity contribution < 1.29 is 37.0 Å². The van der Waals surface area contributed by atoms with Gasteiger partial charge in [0.05, 0.1) is 57.6 Å². The second kappa shape index (κ2) is 13.0. The van der Waals surface area contributed by atoms with Crippen molar-refractivity contribution in [2.75, 3.05) is 13.2 Å². The third-order valence-corrected chi connectivity index (χ3v) is 8.28. The lowest BCUT2D eigenvalue weighted by Gasteiger charge is -2.01. The van der Waals surface area contributed by atoms with Crippen LogP contribution in [0.2, 0.25) is 0 Å². The lowest BCUT2D eigenvalue weighted by Crippen LogP contribution is -2.05. The number of hydrogen-bond acceptors (Lipinski definition) is 14. The van der Waals surface area contributed by atoms with Crippen molar-refractivity contribution in [3.63, 3.8) is 0 Å². The van der Waals surface area contributed by atoms with Crippen LogP contribution in [-0.2, 0) is 27.4 Å². The minimum atomic E-state index is -0.602. The van der Waals surface area contributed by atoms with Crippen molar-refractivity contribution in [1.29, 1.82) is 0 Å². The van der Waals surface area contributed by atoms with Gasteiger partial charge in [-0.3, -0.25) is 9.59 Å². The van der Waals surface area contributed by atoms with Crippen molar-refractivity contribution >= 4 is 91.1 Å². The summed E-state index contributed by atoms with van der Waals surface area (Å²) in [6.07, 6.45) is -0.347. The first kappa shape index (κ1) is 27.8. The lowest BCUT2D eigenvalue weighted by molar-refractivity contribution is -0.139. The van der Waals surface area contributed by atoms with Crippen LogP contribution in [0, 0.1) is 0 Å². The van der Waals surface area contributed by atoms with Crippen molar-refractivity contribution in [1.82, 2.24) is 9.97 Å². The summed E-state index contributed by atoms with van der Waals surface area (Å²) < 4.78 is 22.9. The third-order valence-electron chi connectivity index (χ3n) is 4.70. The molecule has 2 aromatic carbocycles. The maximum absolute atomic E-state index is 12.1. The van der Waals surface area contributed by atoms with E-state index in [1.165, 1.54) is 22.7 Å². The van der Waals surface area contributed by atoms with Crippen LogP contribution in [-0.4, -0.2) is 47.1 Å². The summed E-state index contributed by atoms with van der Waals surface area (Å²) in [6, 6.07) is 10.0. The van der Waals surface area contributed by atoms with E-state index in [4.69, 9.17) is 17.8 Å². The molecule has 4 rings (SSSR count). The first-order chi connectivity index (χ1) is 18.4. The van der Waals surface area contributed by atoms with Gasteiger partial charge in [-0.2, -0.15) is 0 Å². The van der Waals surface area contributed by atoms with Crippen molar-refractivity contribution in [3.8, 4) is 0 Å². The van der Waals surface area contributed by atoms with E-state index in [9.17, 15) is 19.2 Å². The molecule has 0 aliphatic heterocycles. The fourth-order valence-electron chi connectivity index (χ4n) is 3.02. The number of hydrogen-bond donors (Lipinski definition) is 0. The number of fused-ring (bicyclic) bond motifs is 2. The second-order valence-corrected chi connectivity index (χ2v) is 11.4. The molecule has 2 aromatic heterocycles. The van der Waals surface area contributed by atoms with Crippen LogP contribution in [0.25, 0.3) is 20.4 Å². The average molecular weight is 593 g/mol. The van der Waals surface area contributed by atoms with Gasteiger partial charge >= 0.3 is 23.9 Å². The number of carbonyl (C=O) groups excluding carboxylic acids is 4. The molecule has 0 spiro atoms. The Kier molecular flexibility index (Phi) is 9.55. The Morgan fingerprint density at radius 2 is 1.13 bits per heavy atom. The highest BCUT2D eigenvalue weighted by Crippen LogP contribution is 2.32. The normalized spacial score (nSPS) is 10.9. The van der Waals surface area contributed by atoms with Crippen LogP contribution in [0.15, 0.2) is 45.1 Å². The summed E-state index contributed by atoms with van der Waals surface area (Å²) in [5.74, 6) is -2.07. The average Bonchev–Trinajstić information content (AvgIpc) is 3.52. The third kappa shape index (κ3) is 7.22. The van der Waals surface area contributed by atoms with E-state index in [0.717, 1.165) is 33.5 Å². The highest BCUT2D eigenvalue weighted by molar-refractivity contribution is 7.97. The van der Waals surface area contributed by atoms with Gasteiger partial charge in [0.2, 0.25) is 0 Å². The molecule has 0 fully saturated rings. The van der Waals surface area contributed by atoms with Crippen LogP contribution in [0.3, 0.4) is 0 Å². The summed E-state index contributed by atoms with van der Waals surface area (Å²) in [6.45, 7) is 4.01. The first-order valence-electron chi connectivity index (χ1n) is 11.3. The quantitative estimate of drug-likeness (QED) is 0.153. The Bertz CT molecular complexity index is 1390. The van der Waals surface area contributed by atoms with E-state index in [-0.39, 0.29) is 26.1 Å². The standard InChI is InChI=1S/C24H20N2O8S4/c1-3-31-21(29)13-5-7-17-15(11-13)25-23(35-17)37-33-19(27)9-10-20(28)34-38-24-26-16-12-14(22(30)32-4-2)6-8-18(16)36-24/h5-8,11-12H,3-4,9-10H2,1-2H3. The van der Waals surface area contributed by atoms with Crippen molar-refractivity contribution in [2.24, 2.45) is 0 Å². The van der Waals surface area contributed by atoms with Crippen LogP contribution in [0.4, 0.5) is 0 Å². The molecule has 0 unspecified atom stereocenters. The molecule has 0 atom stereocenters. The number of ether oxygens (including phenoxy) is 2. The molecule has 4 aromatic rings. The molecular formula is C24H20N2O8S4. The van der Waals surface area contributed by atoms with Gasteiger partial charge in [0.25, 0.3) is 0 Å². The Morgan fingerprint density at radius 1 is 0.711 bits per heavy atom. The fraction of sp³-hybridized carbons (Fsp3) is 0.250. The molecular weight excluding hydrogens is 573 g/mol. The Hall–Kier alpha value is -3.20. The number of esters is 2. The number of nitrogens with zero attached hydrogens (tertiary/aromatic N) is 2. The molecule has 0 saturated carbocycles. The zero-order valence-electron chi connectivity index (χ0n) is 20.1. The molecule has 2 heterocycles. The minimum absolute atomic E-state index is 0.174. The zero-order valence-corrected chi connectivity index (χ0v) is 23.4. The number of benzene rings is 2. The highest BCUT2D eigenvalue weighted by atomic mass is 32.2. The van der Waals surface area contributed by atoms with E-state index >= 15 is 0 Å². The monoisotopic (exact) mass is 592 g/mol. The Labute approximate surface area is 233 Å². The van der Waals surface area contributed by atoms with E-state index in [1.807, 2.05) is 0 Å². The van der Waals surface area contributed by atoms with E-state index in [2.05, 4.69) is 9.97 Å².